The van der Waals surface area contributed by atoms with Crippen molar-refractivity contribution < 1.29 is 27.5 Å². The fraction of sp³-hybridized carbons (Fsp3) is 0.355. The zero-order valence-electron chi connectivity index (χ0n) is 24.0. The van der Waals surface area contributed by atoms with Gasteiger partial charge in [-0.05, 0) is 67.8 Å². The molecule has 0 spiro atoms. The summed E-state index contributed by atoms with van der Waals surface area (Å²) in [7, 11) is -1.30. The average molecular weight is 614 g/mol. The SMILES string of the molecule is COc1cccc(CN(C(=O)CN(c2cc(Cl)ccc2OC)S(=O)(=O)c2ccccc2)C(C)C(=O)NC2CCCC2)c1. The van der Waals surface area contributed by atoms with Crippen LogP contribution in [0.2, 0.25) is 5.02 Å². The molecule has 1 fully saturated rings. The first-order valence-corrected chi connectivity index (χ1v) is 15.6. The lowest BCUT2D eigenvalue weighted by molar-refractivity contribution is -0.139. The molecule has 0 radical (unpaired) electrons. The highest BCUT2D eigenvalue weighted by Crippen LogP contribution is 2.35. The molecule has 9 nitrogen and oxygen atoms in total. The van der Waals surface area contributed by atoms with Crippen molar-refractivity contribution in [2.24, 2.45) is 0 Å². The van der Waals surface area contributed by atoms with Gasteiger partial charge >= 0.3 is 0 Å². The first-order valence-electron chi connectivity index (χ1n) is 13.8. The minimum absolute atomic E-state index is 0.00815. The van der Waals surface area contributed by atoms with Crippen LogP contribution in [-0.4, -0.2) is 58.0 Å². The van der Waals surface area contributed by atoms with Crippen molar-refractivity contribution in [2.75, 3.05) is 25.1 Å². The zero-order valence-corrected chi connectivity index (χ0v) is 25.5. The molecular weight excluding hydrogens is 578 g/mol. The summed E-state index contributed by atoms with van der Waals surface area (Å²) >= 11 is 6.28. The molecule has 1 N–H and O–H groups in total. The van der Waals surface area contributed by atoms with Gasteiger partial charge in [-0.15, -0.1) is 0 Å². The van der Waals surface area contributed by atoms with E-state index in [4.69, 9.17) is 21.1 Å². The van der Waals surface area contributed by atoms with E-state index in [-0.39, 0.29) is 39.8 Å². The Bertz CT molecular complexity index is 1500. The first-order chi connectivity index (χ1) is 20.1. The number of hydrogen-bond donors (Lipinski definition) is 1. The van der Waals surface area contributed by atoms with Crippen molar-refractivity contribution in [1.82, 2.24) is 10.2 Å². The van der Waals surface area contributed by atoms with Crippen molar-refractivity contribution in [2.45, 2.75) is 56.1 Å². The third-order valence-corrected chi connectivity index (χ3v) is 9.38. The number of methoxy groups -OCH3 is 2. The van der Waals surface area contributed by atoms with E-state index in [1.54, 1.807) is 62.6 Å². The number of rotatable bonds is 12. The smallest absolute Gasteiger partial charge is 0.264 e. The summed E-state index contributed by atoms with van der Waals surface area (Å²) in [5.41, 5.74) is 0.826. The van der Waals surface area contributed by atoms with E-state index in [0.717, 1.165) is 35.6 Å². The van der Waals surface area contributed by atoms with Gasteiger partial charge in [0.2, 0.25) is 11.8 Å². The third-order valence-electron chi connectivity index (χ3n) is 7.38. The molecule has 42 heavy (non-hydrogen) atoms. The minimum atomic E-state index is -4.25. The van der Waals surface area contributed by atoms with Gasteiger partial charge in [-0.2, -0.15) is 0 Å². The van der Waals surface area contributed by atoms with E-state index in [2.05, 4.69) is 5.32 Å². The lowest BCUT2D eigenvalue weighted by Crippen LogP contribution is -2.52. The quantitative estimate of drug-likeness (QED) is 0.307. The van der Waals surface area contributed by atoms with E-state index in [0.29, 0.717) is 5.75 Å². The van der Waals surface area contributed by atoms with Crippen molar-refractivity contribution in [3.05, 3.63) is 83.4 Å². The van der Waals surface area contributed by atoms with E-state index in [9.17, 15) is 18.0 Å². The molecule has 2 amide bonds. The summed E-state index contributed by atoms with van der Waals surface area (Å²) < 4.78 is 39.8. The number of carbonyl (C=O) groups excluding carboxylic acids is 2. The molecule has 0 heterocycles. The predicted molar refractivity (Wildman–Crippen MR) is 162 cm³/mol. The van der Waals surface area contributed by atoms with E-state index in [1.165, 1.54) is 30.2 Å². The van der Waals surface area contributed by atoms with Crippen LogP contribution < -0.4 is 19.1 Å². The van der Waals surface area contributed by atoms with Crippen molar-refractivity contribution in [3.63, 3.8) is 0 Å². The Kier molecular flexibility index (Phi) is 10.3. The fourth-order valence-electron chi connectivity index (χ4n) is 5.03. The van der Waals surface area contributed by atoms with Crippen molar-refractivity contribution >= 4 is 39.1 Å². The maximum Gasteiger partial charge on any atom is 0.264 e. The number of benzene rings is 3. The van der Waals surface area contributed by atoms with Gasteiger partial charge in [0.25, 0.3) is 10.0 Å². The molecule has 4 rings (SSSR count). The monoisotopic (exact) mass is 613 g/mol. The number of halogens is 1. The summed E-state index contributed by atoms with van der Waals surface area (Å²) in [5.74, 6) is -0.0534. The second-order valence-corrected chi connectivity index (χ2v) is 12.5. The second kappa shape index (κ2) is 13.9. The molecule has 1 unspecified atom stereocenters. The van der Waals surface area contributed by atoms with Gasteiger partial charge in [0.15, 0.2) is 0 Å². The predicted octanol–water partition coefficient (Wildman–Crippen LogP) is 5.03. The van der Waals surface area contributed by atoms with Gasteiger partial charge in [0, 0.05) is 17.6 Å². The molecule has 1 aliphatic carbocycles. The Morgan fingerprint density at radius 2 is 1.69 bits per heavy atom. The van der Waals surface area contributed by atoms with Gasteiger partial charge in [0.05, 0.1) is 24.8 Å². The number of amides is 2. The number of anilines is 1. The summed E-state index contributed by atoms with van der Waals surface area (Å²) in [5, 5.41) is 3.33. The highest BCUT2D eigenvalue weighted by atomic mass is 35.5. The fourth-order valence-corrected chi connectivity index (χ4v) is 6.64. The molecule has 1 saturated carbocycles. The average Bonchev–Trinajstić information content (AvgIpc) is 3.51. The van der Waals surface area contributed by atoms with Crippen LogP contribution in [0, 0.1) is 0 Å². The van der Waals surface area contributed by atoms with Crippen LogP contribution in [-0.2, 0) is 26.2 Å². The largest absolute Gasteiger partial charge is 0.497 e. The van der Waals surface area contributed by atoms with Crippen molar-refractivity contribution in [1.29, 1.82) is 0 Å². The Balaban J connectivity index is 1.73. The zero-order chi connectivity index (χ0) is 30.3. The van der Waals surface area contributed by atoms with Crippen LogP contribution in [0.15, 0.2) is 77.7 Å². The highest BCUT2D eigenvalue weighted by molar-refractivity contribution is 7.92. The van der Waals surface area contributed by atoms with Gasteiger partial charge in [-0.3, -0.25) is 13.9 Å². The van der Waals surface area contributed by atoms with Crippen LogP contribution in [0.4, 0.5) is 5.69 Å². The van der Waals surface area contributed by atoms with Gasteiger partial charge in [-0.25, -0.2) is 8.42 Å². The molecule has 3 aromatic rings. The van der Waals surface area contributed by atoms with Crippen LogP contribution in [0.25, 0.3) is 0 Å². The summed E-state index contributed by atoms with van der Waals surface area (Å²) in [4.78, 5) is 28.9. The standard InChI is InChI=1S/C31H36ClN3O6S/c1-22(31(37)33-25-11-7-8-12-25)34(20-23-10-9-13-26(18-23)40-2)30(36)21-35(28-19-24(32)16-17-29(28)41-3)42(38,39)27-14-5-4-6-15-27/h4-6,9-10,13-19,22,25H,7-8,11-12,20-21H2,1-3H3,(H,33,37). The number of nitrogens with one attached hydrogen (secondary N) is 1. The number of carbonyl (C=O) groups is 2. The Morgan fingerprint density at radius 3 is 2.36 bits per heavy atom. The van der Waals surface area contributed by atoms with Gasteiger partial charge < -0.3 is 19.7 Å². The normalized spacial score (nSPS) is 14.2. The summed E-state index contributed by atoms with van der Waals surface area (Å²) in [6.45, 7) is 1.11. The summed E-state index contributed by atoms with van der Waals surface area (Å²) in [6.07, 6.45) is 3.86. The lowest BCUT2D eigenvalue weighted by atomic mass is 10.1. The topological polar surface area (TPSA) is 105 Å². The number of ether oxygens (including phenoxy) is 2. The second-order valence-electron chi connectivity index (χ2n) is 10.2. The van der Waals surface area contributed by atoms with Crippen LogP contribution in [0.5, 0.6) is 11.5 Å². The Labute approximate surface area is 252 Å². The molecule has 1 atom stereocenters. The maximum atomic E-state index is 14.2. The van der Waals surface area contributed by atoms with Gasteiger partial charge in [0.1, 0.15) is 24.1 Å². The van der Waals surface area contributed by atoms with Crippen molar-refractivity contribution in [3.8, 4) is 11.5 Å². The highest BCUT2D eigenvalue weighted by Gasteiger charge is 2.34. The number of nitrogens with zero attached hydrogens (tertiary/aromatic N) is 2. The Morgan fingerprint density at radius 1 is 0.976 bits per heavy atom. The molecule has 11 heteroatoms. The molecule has 0 bridgehead atoms. The van der Waals surface area contributed by atoms with Crippen LogP contribution in [0.1, 0.15) is 38.2 Å². The molecular formula is C31H36ClN3O6S. The molecule has 0 aliphatic heterocycles. The van der Waals surface area contributed by atoms with Crippen LogP contribution >= 0.6 is 11.6 Å². The Hall–Kier alpha value is -3.76. The maximum absolute atomic E-state index is 14.2. The molecule has 224 valence electrons. The number of hydrogen-bond acceptors (Lipinski definition) is 6. The first kappa shape index (κ1) is 31.2. The summed E-state index contributed by atoms with van der Waals surface area (Å²) in [6, 6.07) is 18.7. The molecule has 1 aliphatic rings. The number of sulfonamides is 1. The van der Waals surface area contributed by atoms with E-state index in [1.807, 2.05) is 6.07 Å². The molecule has 0 aromatic heterocycles. The van der Waals surface area contributed by atoms with Crippen LogP contribution in [0.3, 0.4) is 0 Å². The molecule has 3 aromatic carbocycles. The minimum Gasteiger partial charge on any atom is -0.497 e. The third kappa shape index (κ3) is 7.35. The molecule has 0 saturated heterocycles. The lowest BCUT2D eigenvalue weighted by Gasteiger charge is -2.33. The van der Waals surface area contributed by atoms with E-state index >= 15 is 0 Å². The van der Waals surface area contributed by atoms with Gasteiger partial charge in [-0.1, -0.05) is 54.8 Å². The van der Waals surface area contributed by atoms with E-state index < -0.39 is 28.5 Å².